The van der Waals surface area contributed by atoms with Gasteiger partial charge in [0.05, 0.1) is 0 Å². The molecule has 0 radical (unpaired) electrons. The molecule has 88 valence electrons. The zero-order valence-electron chi connectivity index (χ0n) is 9.48. The molecule has 0 fully saturated rings. The molecule has 1 amide bonds. The highest BCUT2D eigenvalue weighted by Gasteiger charge is 2.33. The summed E-state index contributed by atoms with van der Waals surface area (Å²) >= 11 is 1.66. The van der Waals surface area contributed by atoms with Crippen molar-refractivity contribution in [2.45, 2.75) is 18.9 Å². The van der Waals surface area contributed by atoms with Crippen LogP contribution in [0.1, 0.15) is 18.9 Å². The van der Waals surface area contributed by atoms with Crippen molar-refractivity contribution < 1.29 is 4.79 Å². The molecule has 1 atom stereocenters. The Kier molecular flexibility index (Phi) is 4.83. The molecular formula is C12H18N2OS. The van der Waals surface area contributed by atoms with E-state index in [1.165, 1.54) is 0 Å². The molecule has 1 unspecified atom stereocenters. The molecule has 0 aliphatic heterocycles. The topological polar surface area (TPSA) is 69.1 Å². The number of primary amides is 1. The van der Waals surface area contributed by atoms with E-state index in [1.807, 2.05) is 30.3 Å². The second-order valence-corrected chi connectivity index (χ2v) is 4.86. The Bertz CT molecular complexity index is 342. The van der Waals surface area contributed by atoms with Crippen LogP contribution in [-0.4, -0.2) is 17.4 Å². The summed E-state index contributed by atoms with van der Waals surface area (Å²) in [7, 11) is 0. The molecule has 0 heterocycles. The molecule has 3 nitrogen and oxygen atoms in total. The minimum atomic E-state index is -1.05. The van der Waals surface area contributed by atoms with Crippen LogP contribution in [0.3, 0.4) is 0 Å². The molecule has 1 aromatic rings. The first-order valence-electron chi connectivity index (χ1n) is 5.33. The third-order valence-electron chi connectivity index (χ3n) is 2.41. The number of carbonyl (C=O) groups excluding carboxylic acids is 1. The first-order chi connectivity index (χ1) is 7.61. The number of rotatable bonds is 6. The molecule has 4 N–H and O–H groups in total. The summed E-state index contributed by atoms with van der Waals surface area (Å²) in [6.07, 6.45) is 1.06. The van der Waals surface area contributed by atoms with Crippen molar-refractivity contribution in [3.8, 4) is 0 Å². The molecule has 0 aliphatic carbocycles. The smallest absolute Gasteiger partial charge is 0.242 e. The number of benzene rings is 1. The largest absolute Gasteiger partial charge is 0.368 e. The van der Waals surface area contributed by atoms with Gasteiger partial charge in [0.2, 0.25) is 5.91 Å². The molecule has 1 rings (SSSR count). The molecule has 0 saturated carbocycles. The van der Waals surface area contributed by atoms with E-state index in [1.54, 1.807) is 11.8 Å². The van der Waals surface area contributed by atoms with Crippen molar-refractivity contribution >= 4 is 17.7 Å². The van der Waals surface area contributed by atoms with E-state index in [0.717, 1.165) is 17.7 Å². The van der Waals surface area contributed by atoms with Crippen LogP contribution < -0.4 is 11.5 Å². The summed E-state index contributed by atoms with van der Waals surface area (Å²) in [4.78, 5) is 11.5. The van der Waals surface area contributed by atoms with Crippen molar-refractivity contribution in [3.63, 3.8) is 0 Å². The minimum Gasteiger partial charge on any atom is -0.368 e. The van der Waals surface area contributed by atoms with E-state index in [0.29, 0.717) is 5.75 Å². The SMILES string of the molecule is CCCSCC(N)(C(N)=O)c1ccccc1. The van der Waals surface area contributed by atoms with Crippen LogP contribution in [0.15, 0.2) is 30.3 Å². The van der Waals surface area contributed by atoms with E-state index >= 15 is 0 Å². The van der Waals surface area contributed by atoms with E-state index in [9.17, 15) is 4.79 Å². The van der Waals surface area contributed by atoms with Crippen molar-refractivity contribution in [3.05, 3.63) is 35.9 Å². The Labute approximate surface area is 101 Å². The Morgan fingerprint density at radius 1 is 1.38 bits per heavy atom. The third kappa shape index (κ3) is 3.00. The molecule has 4 heteroatoms. The lowest BCUT2D eigenvalue weighted by atomic mass is 9.92. The van der Waals surface area contributed by atoms with Crippen LogP contribution in [0.25, 0.3) is 0 Å². The second-order valence-electron chi connectivity index (χ2n) is 3.75. The van der Waals surface area contributed by atoms with E-state index in [2.05, 4.69) is 6.92 Å². The van der Waals surface area contributed by atoms with Gasteiger partial charge in [-0.05, 0) is 17.7 Å². The fourth-order valence-electron chi connectivity index (χ4n) is 1.41. The summed E-state index contributed by atoms with van der Waals surface area (Å²) in [5.41, 5.74) is 11.2. The van der Waals surface area contributed by atoms with Gasteiger partial charge in [-0.2, -0.15) is 11.8 Å². The molecule has 0 saturated heterocycles. The number of thioether (sulfide) groups is 1. The van der Waals surface area contributed by atoms with Crippen LogP contribution in [0.4, 0.5) is 0 Å². The van der Waals surface area contributed by atoms with Crippen LogP contribution in [0.2, 0.25) is 0 Å². The number of amides is 1. The third-order valence-corrected chi connectivity index (χ3v) is 3.76. The lowest BCUT2D eigenvalue weighted by Gasteiger charge is -2.26. The normalized spacial score (nSPS) is 14.4. The predicted molar refractivity (Wildman–Crippen MR) is 69.1 cm³/mol. The highest BCUT2D eigenvalue weighted by molar-refractivity contribution is 7.99. The van der Waals surface area contributed by atoms with Crippen LogP contribution >= 0.6 is 11.8 Å². The van der Waals surface area contributed by atoms with E-state index < -0.39 is 11.4 Å². The zero-order valence-corrected chi connectivity index (χ0v) is 10.3. The quantitative estimate of drug-likeness (QED) is 0.737. The van der Waals surface area contributed by atoms with Gasteiger partial charge in [-0.25, -0.2) is 0 Å². The number of nitrogens with two attached hydrogens (primary N) is 2. The lowest BCUT2D eigenvalue weighted by Crippen LogP contribution is -2.51. The fraction of sp³-hybridized carbons (Fsp3) is 0.417. The molecule has 0 bridgehead atoms. The zero-order chi connectivity index (χ0) is 12.0. The van der Waals surface area contributed by atoms with Gasteiger partial charge in [0.15, 0.2) is 0 Å². The van der Waals surface area contributed by atoms with Gasteiger partial charge in [0, 0.05) is 5.75 Å². The monoisotopic (exact) mass is 238 g/mol. The van der Waals surface area contributed by atoms with Gasteiger partial charge in [-0.3, -0.25) is 4.79 Å². The minimum absolute atomic E-state index is 0.470. The highest BCUT2D eigenvalue weighted by atomic mass is 32.2. The van der Waals surface area contributed by atoms with Crippen molar-refractivity contribution in [2.24, 2.45) is 11.5 Å². The Balaban J connectivity index is 2.85. The van der Waals surface area contributed by atoms with Crippen LogP contribution in [0, 0.1) is 0 Å². The van der Waals surface area contributed by atoms with Gasteiger partial charge in [0.1, 0.15) is 5.54 Å². The summed E-state index contributed by atoms with van der Waals surface area (Å²) in [6.45, 7) is 2.10. The van der Waals surface area contributed by atoms with Crippen molar-refractivity contribution in [2.75, 3.05) is 11.5 Å². The molecule has 0 spiro atoms. The average molecular weight is 238 g/mol. The van der Waals surface area contributed by atoms with E-state index in [4.69, 9.17) is 11.5 Å². The van der Waals surface area contributed by atoms with Crippen molar-refractivity contribution in [1.29, 1.82) is 0 Å². The molecular weight excluding hydrogens is 220 g/mol. The molecule has 0 aliphatic rings. The predicted octanol–water partition coefficient (Wildman–Crippen LogP) is 1.47. The van der Waals surface area contributed by atoms with Crippen molar-refractivity contribution in [1.82, 2.24) is 0 Å². The number of carbonyl (C=O) groups is 1. The van der Waals surface area contributed by atoms with Crippen LogP contribution in [0.5, 0.6) is 0 Å². The number of hydrogen-bond acceptors (Lipinski definition) is 3. The Morgan fingerprint density at radius 3 is 2.50 bits per heavy atom. The first kappa shape index (κ1) is 13.1. The molecule has 16 heavy (non-hydrogen) atoms. The first-order valence-corrected chi connectivity index (χ1v) is 6.48. The summed E-state index contributed by atoms with van der Waals surface area (Å²) in [5, 5.41) is 0. The Hall–Kier alpha value is -1.00. The summed E-state index contributed by atoms with van der Waals surface area (Å²) in [5.74, 6) is 1.04. The van der Waals surface area contributed by atoms with Gasteiger partial charge in [0.25, 0.3) is 0 Å². The van der Waals surface area contributed by atoms with Gasteiger partial charge in [-0.1, -0.05) is 37.3 Å². The average Bonchev–Trinajstić information content (AvgIpc) is 2.30. The fourth-order valence-corrected chi connectivity index (χ4v) is 2.47. The maximum atomic E-state index is 11.5. The number of hydrogen-bond donors (Lipinski definition) is 2. The van der Waals surface area contributed by atoms with Gasteiger partial charge >= 0.3 is 0 Å². The summed E-state index contributed by atoms with van der Waals surface area (Å²) < 4.78 is 0. The highest BCUT2D eigenvalue weighted by Crippen LogP contribution is 2.23. The van der Waals surface area contributed by atoms with E-state index in [-0.39, 0.29) is 0 Å². The maximum Gasteiger partial charge on any atom is 0.242 e. The second kappa shape index (κ2) is 5.92. The lowest BCUT2D eigenvalue weighted by molar-refractivity contribution is -0.122. The van der Waals surface area contributed by atoms with Crippen LogP contribution in [-0.2, 0) is 10.3 Å². The maximum absolute atomic E-state index is 11.5. The molecule has 1 aromatic carbocycles. The standard InChI is InChI=1S/C12H18N2OS/c1-2-8-16-9-12(14,11(13)15)10-6-4-3-5-7-10/h3-7H,2,8-9,14H2,1H3,(H2,13,15). The van der Waals surface area contributed by atoms with Gasteiger partial charge < -0.3 is 11.5 Å². The Morgan fingerprint density at radius 2 is 2.00 bits per heavy atom. The molecule has 0 aromatic heterocycles. The van der Waals surface area contributed by atoms with Gasteiger partial charge in [-0.15, -0.1) is 0 Å². The summed E-state index contributed by atoms with van der Waals surface area (Å²) in [6, 6.07) is 9.31.